The summed E-state index contributed by atoms with van der Waals surface area (Å²) in [5, 5.41) is 15.2. The summed E-state index contributed by atoms with van der Waals surface area (Å²) in [5.41, 5.74) is 1.95. The maximum Gasteiger partial charge on any atom is 0.242 e. The fourth-order valence-corrected chi connectivity index (χ4v) is 2.96. The number of aryl methyl sites for hydroxylation is 1. The second-order valence-electron chi connectivity index (χ2n) is 6.50. The first-order valence-electron chi connectivity index (χ1n) is 7.77. The lowest BCUT2D eigenvalue weighted by Gasteiger charge is -2.38. The van der Waals surface area contributed by atoms with Crippen molar-refractivity contribution in [1.82, 2.24) is 5.32 Å². The second-order valence-corrected chi connectivity index (χ2v) is 6.50. The molecule has 1 fully saturated rings. The van der Waals surface area contributed by atoms with E-state index in [2.05, 4.69) is 24.5 Å². The van der Waals surface area contributed by atoms with Gasteiger partial charge in [-0.15, -0.1) is 0 Å². The molecule has 21 heavy (non-hydrogen) atoms. The zero-order valence-electron chi connectivity index (χ0n) is 13.0. The Morgan fingerprint density at radius 1 is 1.48 bits per heavy atom. The van der Waals surface area contributed by atoms with Crippen molar-refractivity contribution >= 4 is 11.6 Å². The Bertz CT molecular complexity index is 485. The van der Waals surface area contributed by atoms with Gasteiger partial charge in [0.15, 0.2) is 0 Å². The number of piperidine rings is 1. The second kappa shape index (κ2) is 7.05. The van der Waals surface area contributed by atoms with Crippen LogP contribution < -0.4 is 10.6 Å². The molecule has 0 aromatic heterocycles. The van der Waals surface area contributed by atoms with Crippen molar-refractivity contribution < 1.29 is 9.90 Å². The molecule has 0 spiro atoms. The highest BCUT2D eigenvalue weighted by molar-refractivity contribution is 5.95. The molecule has 1 atom stereocenters. The quantitative estimate of drug-likeness (QED) is 0.780. The Morgan fingerprint density at radius 2 is 2.29 bits per heavy atom. The lowest BCUT2D eigenvalue weighted by Crippen LogP contribution is -2.53. The van der Waals surface area contributed by atoms with E-state index in [1.54, 1.807) is 0 Å². The lowest BCUT2D eigenvalue weighted by molar-refractivity contribution is -0.121. The van der Waals surface area contributed by atoms with Gasteiger partial charge in [-0.25, -0.2) is 0 Å². The fourth-order valence-electron chi connectivity index (χ4n) is 2.96. The first kappa shape index (κ1) is 16.0. The molecular formula is C17H26N2O2. The van der Waals surface area contributed by atoms with Crippen LogP contribution in [-0.2, 0) is 11.2 Å². The van der Waals surface area contributed by atoms with Crippen molar-refractivity contribution in [2.75, 3.05) is 18.5 Å². The normalized spacial score (nSPS) is 21.0. The lowest BCUT2D eigenvalue weighted by atomic mass is 9.77. The standard InChI is InChI=1S/C17H26N2O2/c1-17(2)9-5-10-18-15(17)16(21)19-14-8-3-6-13(12-14)7-4-11-20/h3,6,8,12,15,18,20H,4-5,7,9-11H2,1-2H3,(H,19,21). The average molecular weight is 290 g/mol. The van der Waals surface area contributed by atoms with Crippen LogP contribution in [0.25, 0.3) is 0 Å². The zero-order valence-corrected chi connectivity index (χ0v) is 13.0. The zero-order chi connectivity index (χ0) is 15.3. The van der Waals surface area contributed by atoms with Gasteiger partial charge in [-0.3, -0.25) is 4.79 Å². The topological polar surface area (TPSA) is 61.4 Å². The number of carbonyl (C=O) groups excluding carboxylic acids is 1. The van der Waals surface area contributed by atoms with Crippen LogP contribution in [0.15, 0.2) is 24.3 Å². The SMILES string of the molecule is CC1(C)CCCNC1C(=O)Nc1cccc(CCCO)c1. The number of hydrogen-bond donors (Lipinski definition) is 3. The molecule has 0 radical (unpaired) electrons. The van der Waals surface area contributed by atoms with E-state index < -0.39 is 0 Å². The Labute approximate surface area is 126 Å². The van der Waals surface area contributed by atoms with Gasteiger partial charge in [0.1, 0.15) is 0 Å². The third-order valence-electron chi connectivity index (χ3n) is 4.21. The number of carbonyl (C=O) groups is 1. The minimum Gasteiger partial charge on any atom is -0.396 e. The van der Waals surface area contributed by atoms with Crippen molar-refractivity contribution in [2.24, 2.45) is 5.41 Å². The molecule has 4 heteroatoms. The highest BCUT2D eigenvalue weighted by Crippen LogP contribution is 2.30. The van der Waals surface area contributed by atoms with Gasteiger partial charge in [-0.05, 0) is 55.3 Å². The van der Waals surface area contributed by atoms with Crippen LogP contribution in [0.3, 0.4) is 0 Å². The molecule has 1 aromatic rings. The largest absolute Gasteiger partial charge is 0.396 e. The summed E-state index contributed by atoms with van der Waals surface area (Å²) in [7, 11) is 0. The molecule has 1 heterocycles. The number of aliphatic hydroxyl groups excluding tert-OH is 1. The molecule has 1 aliphatic rings. The Morgan fingerprint density at radius 3 is 3.00 bits per heavy atom. The smallest absolute Gasteiger partial charge is 0.242 e. The molecule has 0 aliphatic carbocycles. The molecule has 1 amide bonds. The summed E-state index contributed by atoms with van der Waals surface area (Å²) in [6.07, 6.45) is 3.75. The number of anilines is 1. The first-order valence-corrected chi connectivity index (χ1v) is 7.77. The van der Waals surface area contributed by atoms with Crippen LogP contribution in [0.5, 0.6) is 0 Å². The molecule has 116 valence electrons. The maximum absolute atomic E-state index is 12.5. The van der Waals surface area contributed by atoms with Gasteiger partial charge < -0.3 is 15.7 Å². The molecule has 1 aliphatic heterocycles. The molecule has 1 aromatic carbocycles. The van der Waals surface area contributed by atoms with Gasteiger partial charge in [0.2, 0.25) is 5.91 Å². The van der Waals surface area contributed by atoms with Gasteiger partial charge in [0.25, 0.3) is 0 Å². The van der Waals surface area contributed by atoms with Gasteiger partial charge in [0, 0.05) is 12.3 Å². The van der Waals surface area contributed by atoms with E-state index in [4.69, 9.17) is 5.11 Å². The molecular weight excluding hydrogens is 264 g/mol. The summed E-state index contributed by atoms with van der Waals surface area (Å²) in [5.74, 6) is 0.0407. The Hall–Kier alpha value is -1.39. The van der Waals surface area contributed by atoms with Crippen molar-refractivity contribution in [1.29, 1.82) is 0 Å². The third kappa shape index (κ3) is 4.29. The summed E-state index contributed by atoms with van der Waals surface area (Å²) in [6, 6.07) is 7.72. The van der Waals surface area contributed by atoms with Gasteiger partial charge >= 0.3 is 0 Å². The highest BCUT2D eigenvalue weighted by atomic mass is 16.2. The average Bonchev–Trinajstić information content (AvgIpc) is 2.45. The van der Waals surface area contributed by atoms with Crippen LogP contribution in [0.1, 0.15) is 38.7 Å². The van der Waals surface area contributed by atoms with Crippen LogP contribution in [-0.4, -0.2) is 30.2 Å². The number of nitrogens with one attached hydrogen (secondary N) is 2. The number of rotatable bonds is 5. The van der Waals surface area contributed by atoms with Crippen LogP contribution >= 0.6 is 0 Å². The summed E-state index contributed by atoms with van der Waals surface area (Å²) < 4.78 is 0. The fraction of sp³-hybridized carbons (Fsp3) is 0.588. The number of hydrogen-bond acceptors (Lipinski definition) is 3. The van der Waals surface area contributed by atoms with Crippen molar-refractivity contribution in [3.8, 4) is 0 Å². The highest BCUT2D eigenvalue weighted by Gasteiger charge is 2.36. The molecule has 1 saturated heterocycles. The Balaban J connectivity index is 2.02. The molecule has 0 saturated carbocycles. The minimum atomic E-state index is -0.146. The minimum absolute atomic E-state index is 0.0170. The van der Waals surface area contributed by atoms with E-state index in [1.165, 1.54) is 0 Å². The summed E-state index contributed by atoms with van der Waals surface area (Å²) in [4.78, 5) is 12.5. The van der Waals surface area contributed by atoms with E-state index in [0.717, 1.165) is 43.5 Å². The van der Waals surface area contributed by atoms with Crippen molar-refractivity contribution in [2.45, 2.75) is 45.6 Å². The predicted octanol–water partition coefficient (Wildman–Crippen LogP) is 2.33. The van der Waals surface area contributed by atoms with Gasteiger partial charge in [-0.1, -0.05) is 26.0 Å². The third-order valence-corrected chi connectivity index (χ3v) is 4.21. The van der Waals surface area contributed by atoms with Gasteiger partial charge in [0.05, 0.1) is 6.04 Å². The summed E-state index contributed by atoms with van der Waals surface area (Å²) in [6.45, 7) is 5.37. The molecule has 4 nitrogen and oxygen atoms in total. The monoisotopic (exact) mass is 290 g/mol. The maximum atomic E-state index is 12.5. The van der Waals surface area contributed by atoms with E-state index in [-0.39, 0.29) is 24.0 Å². The number of amides is 1. The van der Waals surface area contributed by atoms with E-state index in [1.807, 2.05) is 24.3 Å². The predicted molar refractivity (Wildman–Crippen MR) is 85.3 cm³/mol. The molecule has 2 rings (SSSR count). The van der Waals surface area contributed by atoms with E-state index >= 15 is 0 Å². The first-order chi connectivity index (χ1) is 10.0. The van der Waals surface area contributed by atoms with Crippen LogP contribution in [0.4, 0.5) is 5.69 Å². The van der Waals surface area contributed by atoms with E-state index in [0.29, 0.717) is 0 Å². The molecule has 1 unspecified atom stereocenters. The van der Waals surface area contributed by atoms with Crippen LogP contribution in [0, 0.1) is 5.41 Å². The van der Waals surface area contributed by atoms with E-state index in [9.17, 15) is 4.79 Å². The van der Waals surface area contributed by atoms with Crippen molar-refractivity contribution in [3.05, 3.63) is 29.8 Å². The van der Waals surface area contributed by atoms with Crippen LogP contribution in [0.2, 0.25) is 0 Å². The molecule has 0 bridgehead atoms. The number of aliphatic hydroxyl groups is 1. The van der Waals surface area contributed by atoms with Gasteiger partial charge in [-0.2, -0.15) is 0 Å². The summed E-state index contributed by atoms with van der Waals surface area (Å²) >= 11 is 0. The Kier molecular flexibility index (Phi) is 5.37. The molecule has 3 N–H and O–H groups in total. The number of benzene rings is 1. The van der Waals surface area contributed by atoms with Crippen molar-refractivity contribution in [3.63, 3.8) is 0 Å².